The van der Waals surface area contributed by atoms with Gasteiger partial charge in [0.2, 0.25) is 5.43 Å². The molecule has 1 aromatic heterocycles. The molecule has 3 heterocycles. The third-order valence-corrected chi connectivity index (χ3v) is 6.16. The summed E-state index contributed by atoms with van der Waals surface area (Å²) >= 11 is 0. The van der Waals surface area contributed by atoms with Crippen molar-refractivity contribution >= 4 is 5.91 Å². The van der Waals surface area contributed by atoms with Crippen LogP contribution in [0.2, 0.25) is 0 Å². The number of hydrogen-bond acceptors (Lipinski definition) is 5. The van der Waals surface area contributed by atoms with Crippen molar-refractivity contribution in [2.24, 2.45) is 0 Å². The second-order valence-corrected chi connectivity index (χ2v) is 8.02. The number of fused-ring (bicyclic) bond motifs is 2. The maximum atomic E-state index is 13.3. The number of benzene rings is 2. The predicted octanol–water partition coefficient (Wildman–Crippen LogP) is 3.14. The molecule has 2 aromatic carbocycles. The van der Waals surface area contributed by atoms with Gasteiger partial charge in [0.1, 0.15) is 6.17 Å². The maximum Gasteiger partial charge on any atom is 0.290 e. The number of carbonyl (C=O) groups excluding carboxylic acids is 1. The summed E-state index contributed by atoms with van der Waals surface area (Å²) in [7, 11) is 0. The van der Waals surface area contributed by atoms with Crippen molar-refractivity contribution in [2.45, 2.75) is 31.3 Å². The molecule has 0 bridgehead atoms. The van der Waals surface area contributed by atoms with E-state index < -0.39 is 17.3 Å². The molecule has 1 saturated heterocycles. The summed E-state index contributed by atoms with van der Waals surface area (Å²) in [6.07, 6.45) is 3.54. The molecule has 1 amide bonds. The molecule has 7 nitrogen and oxygen atoms in total. The summed E-state index contributed by atoms with van der Waals surface area (Å²) in [6.45, 7) is 1.24. The number of hydrazine groups is 1. The molecule has 7 heteroatoms. The van der Waals surface area contributed by atoms with Crippen LogP contribution in [0, 0.1) is 0 Å². The van der Waals surface area contributed by atoms with E-state index in [0.717, 1.165) is 36.6 Å². The van der Waals surface area contributed by atoms with Gasteiger partial charge in [-0.3, -0.25) is 14.6 Å². The van der Waals surface area contributed by atoms with Gasteiger partial charge in [-0.25, -0.2) is 4.68 Å². The summed E-state index contributed by atoms with van der Waals surface area (Å²) in [5, 5.41) is 18.7. The van der Waals surface area contributed by atoms with Crippen LogP contribution in [-0.4, -0.2) is 43.9 Å². The van der Waals surface area contributed by atoms with Crippen molar-refractivity contribution in [3.05, 3.63) is 93.9 Å². The van der Waals surface area contributed by atoms with Gasteiger partial charge in [-0.05, 0) is 24.0 Å². The molecular formula is C24H24N4O3. The molecule has 0 aliphatic carbocycles. The molecule has 2 aliphatic rings. The van der Waals surface area contributed by atoms with E-state index in [-0.39, 0.29) is 17.5 Å². The first-order valence-corrected chi connectivity index (χ1v) is 10.7. The molecule has 0 saturated carbocycles. The molecule has 5 rings (SSSR count). The number of hydrogen-bond donors (Lipinski definition) is 1. The van der Waals surface area contributed by atoms with Crippen LogP contribution in [0.1, 0.15) is 53.0 Å². The normalized spacial score (nSPS) is 19.1. The monoisotopic (exact) mass is 416 g/mol. The highest BCUT2D eigenvalue weighted by Crippen LogP contribution is 2.42. The maximum absolute atomic E-state index is 13.3. The molecule has 2 aliphatic heterocycles. The summed E-state index contributed by atoms with van der Waals surface area (Å²) in [5.41, 5.74) is 1.47. The Morgan fingerprint density at radius 3 is 2.13 bits per heavy atom. The Balaban J connectivity index is 1.78. The average molecular weight is 416 g/mol. The van der Waals surface area contributed by atoms with E-state index in [1.807, 2.05) is 36.4 Å². The minimum atomic E-state index is -0.641. The third-order valence-electron chi connectivity index (χ3n) is 6.16. The first kappa shape index (κ1) is 19.5. The predicted molar refractivity (Wildman–Crippen MR) is 116 cm³/mol. The first-order valence-electron chi connectivity index (χ1n) is 10.7. The molecule has 158 valence electrons. The van der Waals surface area contributed by atoms with E-state index >= 15 is 0 Å². The Morgan fingerprint density at radius 1 is 0.871 bits per heavy atom. The van der Waals surface area contributed by atoms with Gasteiger partial charge in [0.15, 0.2) is 11.4 Å². The topological polar surface area (TPSA) is 78.7 Å². The molecule has 1 fully saturated rings. The molecule has 1 N–H and O–H groups in total. The largest absolute Gasteiger partial charge is 0.502 e. The Bertz CT molecular complexity index is 1110. The van der Waals surface area contributed by atoms with E-state index in [2.05, 4.69) is 34.4 Å². The van der Waals surface area contributed by atoms with Gasteiger partial charge < -0.3 is 5.11 Å². The van der Waals surface area contributed by atoms with Gasteiger partial charge in [0, 0.05) is 19.0 Å². The Morgan fingerprint density at radius 2 is 1.48 bits per heavy atom. The lowest BCUT2D eigenvalue weighted by Crippen LogP contribution is -2.57. The summed E-state index contributed by atoms with van der Waals surface area (Å²) in [5.74, 6) is -1.07. The Hall–Kier alpha value is -3.45. The molecule has 0 spiro atoms. The molecule has 31 heavy (non-hydrogen) atoms. The fourth-order valence-electron chi connectivity index (χ4n) is 4.73. The number of amides is 1. The lowest BCUT2D eigenvalue weighted by molar-refractivity contribution is -0.0815. The van der Waals surface area contributed by atoms with Crippen LogP contribution in [-0.2, 0) is 0 Å². The zero-order chi connectivity index (χ0) is 21.4. The van der Waals surface area contributed by atoms with Crippen LogP contribution in [0.15, 0.2) is 71.7 Å². The molecule has 0 radical (unpaired) electrons. The van der Waals surface area contributed by atoms with Crippen LogP contribution in [0.5, 0.6) is 5.75 Å². The van der Waals surface area contributed by atoms with E-state index in [1.54, 1.807) is 9.69 Å². The quantitative estimate of drug-likeness (QED) is 0.710. The van der Waals surface area contributed by atoms with Gasteiger partial charge >= 0.3 is 0 Å². The van der Waals surface area contributed by atoms with Gasteiger partial charge in [0.05, 0.1) is 6.20 Å². The van der Waals surface area contributed by atoms with E-state index in [0.29, 0.717) is 13.1 Å². The minimum Gasteiger partial charge on any atom is -0.502 e. The fraction of sp³-hybridized carbons (Fsp3) is 0.292. The zero-order valence-corrected chi connectivity index (χ0v) is 17.1. The van der Waals surface area contributed by atoms with E-state index in [9.17, 15) is 14.7 Å². The number of carbonyl (C=O) groups is 1. The highest BCUT2D eigenvalue weighted by Gasteiger charge is 2.45. The minimum absolute atomic E-state index is 0.0347. The molecule has 1 atom stereocenters. The summed E-state index contributed by atoms with van der Waals surface area (Å²) in [6, 6.07) is 20.2. The third kappa shape index (κ3) is 3.31. The lowest BCUT2D eigenvalue weighted by Gasteiger charge is -2.47. The number of aromatic hydroxyl groups is 1. The van der Waals surface area contributed by atoms with Crippen LogP contribution < -0.4 is 5.43 Å². The molecule has 3 aromatic rings. The Labute approximate surface area is 180 Å². The van der Waals surface area contributed by atoms with Crippen LogP contribution in [0.25, 0.3) is 0 Å². The molecular weight excluding hydrogens is 392 g/mol. The van der Waals surface area contributed by atoms with Crippen molar-refractivity contribution in [2.75, 3.05) is 13.1 Å². The van der Waals surface area contributed by atoms with Crippen molar-refractivity contribution in [3.8, 4) is 5.75 Å². The molecule has 1 unspecified atom stereocenters. The highest BCUT2D eigenvalue weighted by molar-refractivity contribution is 5.95. The van der Waals surface area contributed by atoms with E-state index in [4.69, 9.17) is 0 Å². The average Bonchev–Trinajstić information content (AvgIpc) is 3.06. The SMILES string of the molecule is O=C1c2c(O)c(=O)cnn2C(C(c2ccccc2)c2ccccc2)N2CCCCCN12. The second-order valence-electron chi connectivity index (χ2n) is 8.02. The highest BCUT2D eigenvalue weighted by atomic mass is 16.3. The van der Waals surface area contributed by atoms with E-state index in [1.165, 1.54) is 0 Å². The van der Waals surface area contributed by atoms with Gasteiger partial charge in [-0.15, -0.1) is 0 Å². The van der Waals surface area contributed by atoms with Crippen molar-refractivity contribution in [1.29, 1.82) is 0 Å². The number of aromatic nitrogens is 2. The first-order chi connectivity index (χ1) is 15.2. The van der Waals surface area contributed by atoms with Gasteiger partial charge in [0.25, 0.3) is 5.91 Å². The Kier molecular flexibility index (Phi) is 5.03. The van der Waals surface area contributed by atoms with Crippen molar-refractivity contribution in [3.63, 3.8) is 0 Å². The van der Waals surface area contributed by atoms with Crippen LogP contribution in [0.4, 0.5) is 0 Å². The standard InChI is InChI=1S/C24H24N4O3/c29-19-16-25-28-21(22(19)30)24(31)27-15-9-3-8-14-26(27)23(28)20(17-10-4-1-5-11-17)18-12-6-2-7-13-18/h1-2,4-7,10-13,16,20,23,30H,3,8-9,14-15H2. The summed E-state index contributed by atoms with van der Waals surface area (Å²) in [4.78, 5) is 25.5. The number of nitrogens with zero attached hydrogens (tertiary/aromatic N) is 4. The van der Waals surface area contributed by atoms with Crippen LogP contribution in [0.3, 0.4) is 0 Å². The smallest absolute Gasteiger partial charge is 0.290 e. The van der Waals surface area contributed by atoms with Crippen LogP contribution >= 0.6 is 0 Å². The fourth-order valence-corrected chi connectivity index (χ4v) is 4.73. The second kappa shape index (κ2) is 8.00. The zero-order valence-electron chi connectivity index (χ0n) is 17.1. The van der Waals surface area contributed by atoms with Crippen molar-refractivity contribution < 1.29 is 9.90 Å². The lowest BCUT2D eigenvalue weighted by atomic mass is 9.87. The van der Waals surface area contributed by atoms with Gasteiger partial charge in [-0.1, -0.05) is 67.1 Å². The summed E-state index contributed by atoms with van der Waals surface area (Å²) < 4.78 is 1.55. The van der Waals surface area contributed by atoms with Crippen molar-refractivity contribution in [1.82, 2.24) is 19.8 Å². The van der Waals surface area contributed by atoms with Gasteiger partial charge in [-0.2, -0.15) is 10.1 Å². The number of rotatable bonds is 3.